The van der Waals surface area contributed by atoms with Crippen LogP contribution in [0.3, 0.4) is 0 Å². The molecule has 38 heavy (non-hydrogen) atoms. The van der Waals surface area contributed by atoms with Crippen molar-refractivity contribution in [3.05, 3.63) is 108 Å². The van der Waals surface area contributed by atoms with Crippen molar-refractivity contribution in [2.24, 2.45) is 11.1 Å². The molecule has 3 amide bonds. The summed E-state index contributed by atoms with van der Waals surface area (Å²) < 4.78 is 0. The van der Waals surface area contributed by atoms with Gasteiger partial charge in [-0.15, -0.1) is 0 Å². The van der Waals surface area contributed by atoms with Gasteiger partial charge in [0.15, 0.2) is 0 Å². The molecule has 3 fully saturated rings. The van der Waals surface area contributed by atoms with Gasteiger partial charge < -0.3 is 15.5 Å². The van der Waals surface area contributed by atoms with E-state index in [1.54, 1.807) is 4.90 Å². The van der Waals surface area contributed by atoms with E-state index in [-0.39, 0.29) is 24.4 Å². The van der Waals surface area contributed by atoms with Crippen molar-refractivity contribution in [2.75, 3.05) is 32.7 Å². The molecular weight excluding hydrogens is 476 g/mol. The monoisotopic (exact) mass is 508 g/mol. The van der Waals surface area contributed by atoms with Crippen LogP contribution in [-0.2, 0) is 19.9 Å². The summed E-state index contributed by atoms with van der Waals surface area (Å²) in [6.07, 6.45) is 1.28. The molecule has 7 heteroatoms. The second-order valence-corrected chi connectivity index (χ2v) is 10.7. The van der Waals surface area contributed by atoms with Crippen molar-refractivity contribution in [2.45, 2.75) is 24.4 Å². The maximum absolute atomic E-state index is 13.9. The van der Waals surface area contributed by atoms with Crippen molar-refractivity contribution < 1.29 is 14.4 Å². The average molecular weight is 509 g/mol. The highest BCUT2D eigenvalue weighted by Crippen LogP contribution is 2.49. The van der Waals surface area contributed by atoms with Gasteiger partial charge in [0.05, 0.1) is 17.5 Å². The lowest BCUT2D eigenvalue weighted by atomic mass is 9.76. The summed E-state index contributed by atoms with van der Waals surface area (Å²) in [6.45, 7) is 2.04. The fourth-order valence-corrected chi connectivity index (χ4v) is 6.64. The lowest BCUT2D eigenvalue weighted by Gasteiger charge is -2.38. The molecule has 3 saturated heterocycles. The predicted octanol–water partition coefficient (Wildman–Crippen LogP) is 2.60. The number of nitrogens with zero attached hydrogens (tertiary/aromatic N) is 3. The molecule has 1 unspecified atom stereocenters. The van der Waals surface area contributed by atoms with Gasteiger partial charge in [-0.25, -0.2) is 0 Å². The maximum Gasteiger partial charge on any atom is 0.241 e. The molecule has 6 rings (SSSR count). The number of carbonyl (C=O) groups is 3. The number of likely N-dealkylation sites (tertiary alicyclic amines) is 2. The van der Waals surface area contributed by atoms with Crippen LogP contribution in [0.1, 0.15) is 29.5 Å². The van der Waals surface area contributed by atoms with E-state index >= 15 is 0 Å². The van der Waals surface area contributed by atoms with Crippen LogP contribution in [0.25, 0.3) is 0 Å². The third-order valence-corrected chi connectivity index (χ3v) is 8.52. The van der Waals surface area contributed by atoms with Gasteiger partial charge in [0, 0.05) is 26.2 Å². The predicted molar refractivity (Wildman–Crippen MR) is 144 cm³/mol. The second-order valence-electron chi connectivity index (χ2n) is 10.7. The van der Waals surface area contributed by atoms with Crippen LogP contribution in [-0.4, -0.2) is 71.2 Å². The minimum atomic E-state index is -0.622. The molecule has 0 aliphatic carbocycles. The SMILES string of the molecule is NC(=O)CN1CC[C@@]2(CCN(C(=O)C3C[N@@]3C(c3ccccc3)(c3ccccc3)c3ccccc3)C2)C1=O. The molecule has 3 aromatic carbocycles. The summed E-state index contributed by atoms with van der Waals surface area (Å²) in [4.78, 5) is 44.2. The Bertz CT molecular complexity index is 1250. The molecule has 0 bridgehead atoms. The van der Waals surface area contributed by atoms with E-state index in [0.29, 0.717) is 39.0 Å². The minimum Gasteiger partial charge on any atom is -0.368 e. The summed E-state index contributed by atoms with van der Waals surface area (Å²) in [6, 6.07) is 30.8. The van der Waals surface area contributed by atoms with E-state index in [2.05, 4.69) is 41.3 Å². The minimum absolute atomic E-state index is 0.0496. The first-order chi connectivity index (χ1) is 18.5. The largest absolute Gasteiger partial charge is 0.368 e. The lowest BCUT2D eigenvalue weighted by molar-refractivity contribution is -0.139. The average Bonchev–Trinajstić information content (AvgIpc) is 3.54. The highest BCUT2D eigenvalue weighted by atomic mass is 16.2. The molecule has 3 aromatic rings. The quantitative estimate of drug-likeness (QED) is 0.393. The van der Waals surface area contributed by atoms with Crippen molar-refractivity contribution in [1.82, 2.24) is 14.7 Å². The Morgan fingerprint density at radius 3 is 1.82 bits per heavy atom. The fourth-order valence-electron chi connectivity index (χ4n) is 6.64. The number of nitrogens with two attached hydrogens (primary N) is 1. The van der Waals surface area contributed by atoms with Gasteiger partial charge in [0.1, 0.15) is 6.04 Å². The fraction of sp³-hybridized carbons (Fsp3) is 0.323. The van der Waals surface area contributed by atoms with E-state index in [1.165, 1.54) is 0 Å². The summed E-state index contributed by atoms with van der Waals surface area (Å²) in [7, 11) is 0. The van der Waals surface area contributed by atoms with Gasteiger partial charge in [0.2, 0.25) is 17.7 Å². The molecule has 194 valence electrons. The number of hydrogen-bond acceptors (Lipinski definition) is 4. The van der Waals surface area contributed by atoms with Crippen LogP contribution in [0.4, 0.5) is 0 Å². The summed E-state index contributed by atoms with van der Waals surface area (Å²) >= 11 is 0. The van der Waals surface area contributed by atoms with E-state index in [1.807, 2.05) is 59.5 Å². The molecule has 0 radical (unpaired) electrons. The third kappa shape index (κ3) is 3.89. The van der Waals surface area contributed by atoms with Gasteiger partial charge in [-0.1, -0.05) is 91.0 Å². The first-order valence-electron chi connectivity index (χ1n) is 13.3. The highest BCUT2D eigenvalue weighted by Gasteiger charge is 2.59. The number of hydrogen-bond donors (Lipinski definition) is 1. The Morgan fingerprint density at radius 1 is 0.816 bits per heavy atom. The third-order valence-electron chi connectivity index (χ3n) is 8.52. The van der Waals surface area contributed by atoms with Gasteiger partial charge in [-0.2, -0.15) is 0 Å². The van der Waals surface area contributed by atoms with Crippen LogP contribution in [0, 0.1) is 5.41 Å². The van der Waals surface area contributed by atoms with Crippen LogP contribution in [0.5, 0.6) is 0 Å². The number of amides is 3. The van der Waals surface area contributed by atoms with E-state index < -0.39 is 16.9 Å². The van der Waals surface area contributed by atoms with Gasteiger partial charge in [-0.05, 0) is 29.5 Å². The first kappa shape index (κ1) is 24.4. The topological polar surface area (TPSA) is 86.7 Å². The standard InChI is InChI=1S/C31H32N4O3/c32-27(36)21-33-18-16-30(29(33)38)17-19-34(22-30)28(37)26-20-35(26)31(23-10-4-1-5-11-23,24-12-6-2-7-13-24)25-14-8-3-9-15-25/h1-15,26H,16-22H2,(H2,32,36)/t26?,30-,35+/m0/s1. The van der Waals surface area contributed by atoms with E-state index in [9.17, 15) is 14.4 Å². The normalized spacial score (nSPS) is 24.7. The second kappa shape index (κ2) is 9.40. The van der Waals surface area contributed by atoms with Gasteiger partial charge in [0.25, 0.3) is 0 Å². The molecule has 3 aliphatic rings. The molecular formula is C31H32N4O3. The molecule has 7 nitrogen and oxygen atoms in total. The number of benzene rings is 3. The zero-order valence-corrected chi connectivity index (χ0v) is 21.3. The highest BCUT2D eigenvalue weighted by molar-refractivity contribution is 5.91. The smallest absolute Gasteiger partial charge is 0.241 e. The van der Waals surface area contributed by atoms with Crippen molar-refractivity contribution in [3.63, 3.8) is 0 Å². The molecule has 1 spiro atoms. The first-order valence-corrected chi connectivity index (χ1v) is 13.3. The lowest BCUT2D eigenvalue weighted by Crippen LogP contribution is -2.44. The van der Waals surface area contributed by atoms with E-state index in [0.717, 1.165) is 16.7 Å². The van der Waals surface area contributed by atoms with Gasteiger partial charge >= 0.3 is 0 Å². The molecule has 0 saturated carbocycles. The van der Waals surface area contributed by atoms with Crippen LogP contribution >= 0.6 is 0 Å². The Kier molecular flexibility index (Phi) is 6.03. The van der Waals surface area contributed by atoms with Crippen LogP contribution in [0.15, 0.2) is 91.0 Å². The van der Waals surface area contributed by atoms with Crippen molar-refractivity contribution >= 4 is 17.7 Å². The zero-order valence-electron chi connectivity index (χ0n) is 21.3. The summed E-state index contributed by atoms with van der Waals surface area (Å²) in [5.74, 6) is -0.490. The summed E-state index contributed by atoms with van der Waals surface area (Å²) in [5.41, 5.74) is 7.45. The van der Waals surface area contributed by atoms with Crippen molar-refractivity contribution in [1.29, 1.82) is 0 Å². The maximum atomic E-state index is 13.9. The summed E-state index contributed by atoms with van der Waals surface area (Å²) in [5, 5.41) is 0. The van der Waals surface area contributed by atoms with Gasteiger partial charge in [-0.3, -0.25) is 19.3 Å². The molecule has 2 N–H and O–H groups in total. The number of carbonyl (C=O) groups excluding carboxylic acids is 3. The van der Waals surface area contributed by atoms with Crippen LogP contribution in [0.2, 0.25) is 0 Å². The van der Waals surface area contributed by atoms with E-state index in [4.69, 9.17) is 5.73 Å². The Labute approximate surface area is 222 Å². The molecule has 3 heterocycles. The molecule has 3 aliphatic heterocycles. The van der Waals surface area contributed by atoms with Crippen molar-refractivity contribution in [3.8, 4) is 0 Å². The molecule has 0 aromatic heterocycles. The zero-order chi connectivity index (χ0) is 26.3. The number of rotatable bonds is 7. The Morgan fingerprint density at radius 2 is 1.32 bits per heavy atom. The Balaban J connectivity index is 1.32. The van der Waals surface area contributed by atoms with Crippen LogP contribution < -0.4 is 5.73 Å². The Hall–Kier alpha value is -3.97. The molecule has 3 atom stereocenters. The number of primary amides is 1.